The second kappa shape index (κ2) is 18.2. The van der Waals surface area contributed by atoms with Gasteiger partial charge in [-0.25, -0.2) is 8.78 Å². The first kappa shape index (κ1) is 29.1. The topological polar surface area (TPSA) is 41.1 Å². The zero-order chi connectivity index (χ0) is 24.4. The van der Waals surface area contributed by atoms with Crippen LogP contribution in [0.3, 0.4) is 0 Å². The molecule has 0 bridgehead atoms. The highest BCUT2D eigenvalue weighted by molar-refractivity contribution is 7.99. The van der Waals surface area contributed by atoms with E-state index in [1.807, 2.05) is 0 Å². The van der Waals surface area contributed by atoms with Crippen molar-refractivity contribution in [3.05, 3.63) is 35.4 Å². The van der Waals surface area contributed by atoms with Gasteiger partial charge in [-0.05, 0) is 24.1 Å². The second-order valence-corrected chi connectivity index (χ2v) is 10.9. The Hall–Kier alpha value is -1.14. The average molecular weight is 497 g/mol. The third-order valence-electron chi connectivity index (χ3n) is 6.62. The number of rotatable bonds is 19. The lowest BCUT2D eigenvalue weighted by molar-refractivity contribution is -0.122. The van der Waals surface area contributed by atoms with E-state index in [0.717, 1.165) is 18.9 Å². The number of hydrogen-bond acceptors (Lipinski definition) is 3. The molecule has 1 unspecified atom stereocenters. The van der Waals surface area contributed by atoms with Gasteiger partial charge in [0.1, 0.15) is 11.6 Å². The summed E-state index contributed by atoms with van der Waals surface area (Å²) in [6.45, 7) is 2.97. The molecule has 6 heteroatoms. The lowest BCUT2D eigenvalue weighted by Gasteiger charge is -2.14. The third kappa shape index (κ3) is 12.5. The molecule has 34 heavy (non-hydrogen) atoms. The summed E-state index contributed by atoms with van der Waals surface area (Å²) in [5.41, 5.74) is 0.538. The highest BCUT2D eigenvalue weighted by Crippen LogP contribution is 2.33. The first-order valence-electron chi connectivity index (χ1n) is 13.7. The van der Waals surface area contributed by atoms with Crippen molar-refractivity contribution in [3.8, 4) is 0 Å². The number of amides is 1. The van der Waals surface area contributed by atoms with Crippen LogP contribution in [0.1, 0.15) is 121 Å². The fraction of sp³-hybridized carbons (Fsp3) is 0.750. The lowest BCUT2D eigenvalue weighted by Crippen LogP contribution is -2.42. The van der Waals surface area contributed by atoms with Crippen LogP contribution in [-0.2, 0) is 4.79 Å². The molecule has 1 aliphatic heterocycles. The first-order chi connectivity index (χ1) is 16.6. The van der Waals surface area contributed by atoms with Crippen molar-refractivity contribution < 1.29 is 13.6 Å². The van der Waals surface area contributed by atoms with Crippen LogP contribution in [-0.4, -0.2) is 24.2 Å². The minimum Gasteiger partial charge on any atom is -0.355 e. The van der Waals surface area contributed by atoms with E-state index < -0.39 is 11.6 Å². The van der Waals surface area contributed by atoms with E-state index in [9.17, 15) is 13.6 Å². The summed E-state index contributed by atoms with van der Waals surface area (Å²) in [6, 6.07) is 3.20. The van der Waals surface area contributed by atoms with Gasteiger partial charge in [0.25, 0.3) is 0 Å². The van der Waals surface area contributed by atoms with E-state index in [-0.39, 0.29) is 17.3 Å². The predicted molar refractivity (Wildman–Crippen MR) is 141 cm³/mol. The Morgan fingerprint density at radius 1 is 0.824 bits per heavy atom. The van der Waals surface area contributed by atoms with Gasteiger partial charge in [-0.3, -0.25) is 10.1 Å². The monoisotopic (exact) mass is 496 g/mol. The van der Waals surface area contributed by atoms with E-state index in [4.69, 9.17) is 0 Å². The molecule has 0 radical (unpaired) electrons. The molecule has 2 N–H and O–H groups in total. The van der Waals surface area contributed by atoms with Crippen LogP contribution in [0.15, 0.2) is 18.2 Å². The first-order valence-corrected chi connectivity index (χ1v) is 14.8. The molecule has 2 rings (SSSR count). The maximum absolute atomic E-state index is 13.4. The maximum Gasteiger partial charge on any atom is 0.238 e. The summed E-state index contributed by atoms with van der Waals surface area (Å²) in [4.78, 5) is 12.4. The Kier molecular flexibility index (Phi) is 15.6. The van der Waals surface area contributed by atoms with E-state index in [0.29, 0.717) is 17.9 Å². The molecule has 0 saturated carbocycles. The molecule has 3 nitrogen and oxygen atoms in total. The Balaban J connectivity index is 1.38. The molecule has 1 aromatic carbocycles. The Labute approximate surface area is 210 Å². The van der Waals surface area contributed by atoms with Gasteiger partial charge in [0, 0.05) is 18.4 Å². The van der Waals surface area contributed by atoms with E-state index >= 15 is 0 Å². The summed E-state index contributed by atoms with van der Waals surface area (Å²) in [7, 11) is 0. The van der Waals surface area contributed by atoms with Crippen LogP contribution < -0.4 is 10.6 Å². The zero-order valence-corrected chi connectivity index (χ0v) is 22.0. The Morgan fingerprint density at radius 3 is 1.79 bits per heavy atom. The Bertz CT molecular complexity index is 668. The van der Waals surface area contributed by atoms with E-state index in [1.54, 1.807) is 0 Å². The van der Waals surface area contributed by atoms with Crippen LogP contribution in [0, 0.1) is 11.6 Å². The molecule has 1 aliphatic rings. The van der Waals surface area contributed by atoms with Crippen molar-refractivity contribution >= 4 is 17.7 Å². The second-order valence-electron chi connectivity index (χ2n) is 9.73. The third-order valence-corrected chi connectivity index (χ3v) is 7.88. The zero-order valence-electron chi connectivity index (χ0n) is 21.2. The summed E-state index contributed by atoms with van der Waals surface area (Å²) in [6.07, 6.45) is 21.4. The summed E-state index contributed by atoms with van der Waals surface area (Å²) < 4.78 is 26.9. The molecular weight excluding hydrogens is 450 g/mol. The van der Waals surface area contributed by atoms with E-state index in [1.165, 1.54) is 114 Å². The van der Waals surface area contributed by atoms with Gasteiger partial charge in [-0.1, -0.05) is 103 Å². The minimum absolute atomic E-state index is 0.0205. The molecule has 1 fully saturated rings. The normalized spacial score (nSPS) is 17.9. The van der Waals surface area contributed by atoms with Gasteiger partial charge in [-0.2, -0.15) is 0 Å². The van der Waals surface area contributed by atoms with Crippen molar-refractivity contribution in [1.29, 1.82) is 0 Å². The van der Waals surface area contributed by atoms with Crippen molar-refractivity contribution in [1.82, 2.24) is 10.6 Å². The highest BCUT2D eigenvalue weighted by atomic mass is 32.2. The number of carbonyl (C=O) groups excluding carboxylic acids is 1. The molecule has 0 spiro atoms. The summed E-state index contributed by atoms with van der Waals surface area (Å²) in [5.74, 6) is -0.594. The quantitative estimate of drug-likeness (QED) is 0.190. The van der Waals surface area contributed by atoms with E-state index in [2.05, 4.69) is 17.6 Å². The number of benzene rings is 1. The standard InChI is InChI=1S/C28H46F2N2OS/c1-2-3-4-5-6-7-8-9-10-11-12-13-14-15-16-17-18-31-27(33)26-22-34-28(32-26)23-19-24(29)21-25(30)20-23/h19-21,26,28,32H,2-18,22H2,1H3,(H,31,33)/t26-,28?/m0/s1. The van der Waals surface area contributed by atoms with Gasteiger partial charge in [0.2, 0.25) is 5.91 Å². The molecule has 1 aromatic rings. The fourth-order valence-corrected chi connectivity index (χ4v) is 5.77. The van der Waals surface area contributed by atoms with Gasteiger partial charge in [0.05, 0.1) is 11.4 Å². The van der Waals surface area contributed by atoms with Crippen LogP contribution in [0.25, 0.3) is 0 Å². The van der Waals surface area contributed by atoms with Crippen LogP contribution in [0.2, 0.25) is 0 Å². The van der Waals surface area contributed by atoms with Gasteiger partial charge in [0.15, 0.2) is 0 Å². The molecule has 2 atom stereocenters. The maximum atomic E-state index is 13.4. The molecule has 0 aliphatic carbocycles. The van der Waals surface area contributed by atoms with Crippen LogP contribution in [0.5, 0.6) is 0 Å². The number of unbranched alkanes of at least 4 members (excludes halogenated alkanes) is 15. The van der Waals surface area contributed by atoms with Crippen molar-refractivity contribution in [2.75, 3.05) is 12.3 Å². The number of halogens is 2. The van der Waals surface area contributed by atoms with Gasteiger partial charge < -0.3 is 5.32 Å². The summed E-state index contributed by atoms with van der Waals surface area (Å²) in [5, 5.41) is 5.94. The van der Waals surface area contributed by atoms with Crippen LogP contribution >= 0.6 is 11.8 Å². The molecule has 1 heterocycles. The number of nitrogens with one attached hydrogen (secondary N) is 2. The van der Waals surface area contributed by atoms with Crippen molar-refractivity contribution in [2.24, 2.45) is 0 Å². The van der Waals surface area contributed by atoms with Crippen molar-refractivity contribution in [2.45, 2.75) is 121 Å². The molecule has 194 valence electrons. The largest absolute Gasteiger partial charge is 0.355 e. The number of hydrogen-bond donors (Lipinski definition) is 2. The molecule has 1 saturated heterocycles. The fourth-order valence-electron chi connectivity index (χ4n) is 4.55. The average Bonchev–Trinajstić information content (AvgIpc) is 3.31. The lowest BCUT2D eigenvalue weighted by atomic mass is 10.0. The Morgan fingerprint density at radius 2 is 1.29 bits per heavy atom. The molecule has 0 aromatic heterocycles. The van der Waals surface area contributed by atoms with Crippen LogP contribution in [0.4, 0.5) is 8.78 Å². The predicted octanol–water partition coefficient (Wildman–Crippen LogP) is 8.05. The van der Waals surface area contributed by atoms with Crippen molar-refractivity contribution in [3.63, 3.8) is 0 Å². The highest BCUT2D eigenvalue weighted by Gasteiger charge is 2.30. The summed E-state index contributed by atoms with van der Waals surface area (Å²) >= 11 is 1.51. The smallest absolute Gasteiger partial charge is 0.238 e. The molecular formula is C28H46F2N2OS. The van der Waals surface area contributed by atoms with Gasteiger partial charge in [-0.15, -0.1) is 11.8 Å². The minimum atomic E-state index is -0.589. The number of thioether (sulfide) groups is 1. The number of carbonyl (C=O) groups is 1. The SMILES string of the molecule is CCCCCCCCCCCCCCCCCCNC(=O)[C@@H]1CSC(c2cc(F)cc(F)c2)N1. The van der Waals surface area contributed by atoms with Gasteiger partial charge >= 0.3 is 0 Å². The molecule has 1 amide bonds.